The van der Waals surface area contributed by atoms with Crippen LogP contribution in [0.15, 0.2) is 59.1 Å². The number of nitrogens with one attached hydrogen (secondary N) is 1. The number of anilines is 1. The average Bonchev–Trinajstić information content (AvgIpc) is 3.18. The van der Waals surface area contributed by atoms with Gasteiger partial charge in [-0.25, -0.2) is 0 Å². The van der Waals surface area contributed by atoms with Crippen LogP contribution in [-0.4, -0.2) is 21.3 Å². The van der Waals surface area contributed by atoms with Crippen molar-refractivity contribution in [2.45, 2.75) is 24.4 Å². The summed E-state index contributed by atoms with van der Waals surface area (Å²) >= 11 is 1.55. The van der Waals surface area contributed by atoms with E-state index in [0.29, 0.717) is 11.3 Å². The number of alkyl halides is 2. The summed E-state index contributed by atoms with van der Waals surface area (Å²) in [4.78, 5) is 15.9. The van der Waals surface area contributed by atoms with Gasteiger partial charge < -0.3 is 9.84 Å². The molecule has 8 heteroatoms. The lowest BCUT2D eigenvalue weighted by atomic mass is 10.2. The van der Waals surface area contributed by atoms with Crippen molar-refractivity contribution in [3.63, 3.8) is 0 Å². The second kappa shape index (κ2) is 8.77. The van der Waals surface area contributed by atoms with E-state index in [-0.39, 0.29) is 17.0 Å². The number of hydrogen-bond donors (Lipinski definition) is 1. The zero-order chi connectivity index (χ0) is 19.2. The van der Waals surface area contributed by atoms with Crippen molar-refractivity contribution < 1.29 is 18.1 Å². The molecule has 0 aliphatic heterocycles. The number of nitrogens with zero attached hydrogens (tertiary/aromatic N) is 2. The van der Waals surface area contributed by atoms with Gasteiger partial charge in [0.15, 0.2) is 0 Å². The third-order valence-electron chi connectivity index (χ3n) is 3.75. The Labute approximate surface area is 159 Å². The predicted octanol–water partition coefficient (Wildman–Crippen LogP) is 4.93. The second-order valence-corrected chi connectivity index (χ2v) is 7.09. The van der Waals surface area contributed by atoms with E-state index in [1.165, 1.54) is 0 Å². The van der Waals surface area contributed by atoms with E-state index in [1.807, 2.05) is 37.3 Å². The number of rotatable bonds is 7. The molecule has 0 saturated heterocycles. The van der Waals surface area contributed by atoms with E-state index in [9.17, 15) is 13.6 Å². The predicted molar refractivity (Wildman–Crippen MR) is 101 cm³/mol. The van der Waals surface area contributed by atoms with Gasteiger partial charge >= 0.3 is 6.43 Å². The lowest BCUT2D eigenvalue weighted by Crippen LogP contribution is -2.22. The van der Waals surface area contributed by atoms with Crippen LogP contribution in [0.25, 0.3) is 11.4 Å². The highest BCUT2D eigenvalue weighted by Crippen LogP contribution is 2.23. The molecule has 5 nitrogen and oxygen atoms in total. The molecule has 0 aliphatic carbocycles. The molecular weight excluding hydrogens is 372 g/mol. The molecule has 0 saturated carbocycles. The molecule has 1 heterocycles. The Morgan fingerprint density at radius 1 is 1.15 bits per heavy atom. The first kappa shape index (κ1) is 19.0. The summed E-state index contributed by atoms with van der Waals surface area (Å²) in [5.41, 5.74) is 2.29. The minimum absolute atomic E-state index is 0.0787. The fourth-order valence-corrected chi connectivity index (χ4v) is 3.10. The van der Waals surface area contributed by atoms with Gasteiger partial charge in [-0.2, -0.15) is 13.8 Å². The Kier molecular flexibility index (Phi) is 6.18. The molecule has 2 aromatic carbocycles. The number of carbonyl (C=O) groups is 1. The number of carbonyl (C=O) groups excluding carboxylic acids is 1. The Morgan fingerprint density at radius 2 is 1.85 bits per heavy atom. The number of aromatic nitrogens is 2. The van der Waals surface area contributed by atoms with Crippen molar-refractivity contribution in [2.75, 3.05) is 5.32 Å². The van der Waals surface area contributed by atoms with Crippen LogP contribution in [0.4, 0.5) is 14.5 Å². The lowest BCUT2D eigenvalue weighted by molar-refractivity contribution is -0.115. The monoisotopic (exact) mass is 389 g/mol. The molecule has 0 bridgehead atoms. The summed E-state index contributed by atoms with van der Waals surface area (Å²) in [5, 5.41) is 6.13. The standard InChI is InChI=1S/C19H17F2N3O2S/c1-12(27-11-13-5-3-2-4-6-13)18(25)22-15-9-7-14(8-10-15)17-23-19(16(20)21)26-24-17/h2-10,12,16H,11H2,1H3,(H,22,25)/t12-/m0/s1. The molecule has 27 heavy (non-hydrogen) atoms. The number of benzene rings is 2. The van der Waals surface area contributed by atoms with Crippen LogP contribution >= 0.6 is 11.8 Å². The Bertz CT molecular complexity index is 885. The van der Waals surface area contributed by atoms with Gasteiger partial charge in [0, 0.05) is 17.0 Å². The summed E-state index contributed by atoms with van der Waals surface area (Å²) < 4.78 is 29.5. The van der Waals surface area contributed by atoms with Crippen LogP contribution in [0, 0.1) is 0 Å². The maximum atomic E-state index is 12.5. The molecule has 0 aliphatic rings. The van der Waals surface area contributed by atoms with Gasteiger partial charge in [0.05, 0.1) is 5.25 Å². The largest absolute Gasteiger partial charge is 0.333 e. The highest BCUT2D eigenvalue weighted by molar-refractivity contribution is 7.99. The Hall–Kier alpha value is -2.74. The summed E-state index contributed by atoms with van der Waals surface area (Å²) in [6.45, 7) is 1.85. The van der Waals surface area contributed by atoms with Crippen LogP contribution in [0.2, 0.25) is 0 Å². The van der Waals surface area contributed by atoms with E-state index < -0.39 is 12.3 Å². The molecule has 0 radical (unpaired) electrons. The van der Waals surface area contributed by atoms with E-state index in [1.54, 1.807) is 36.0 Å². The van der Waals surface area contributed by atoms with E-state index in [0.717, 1.165) is 11.3 Å². The maximum absolute atomic E-state index is 12.5. The molecule has 1 amide bonds. The average molecular weight is 389 g/mol. The van der Waals surface area contributed by atoms with Crippen molar-refractivity contribution in [3.8, 4) is 11.4 Å². The highest BCUT2D eigenvalue weighted by atomic mass is 32.2. The first-order chi connectivity index (χ1) is 13.0. The zero-order valence-electron chi connectivity index (χ0n) is 14.4. The quantitative estimate of drug-likeness (QED) is 0.620. The van der Waals surface area contributed by atoms with Crippen LogP contribution in [0.5, 0.6) is 0 Å². The Morgan fingerprint density at radius 3 is 2.48 bits per heavy atom. The molecule has 1 N–H and O–H groups in total. The third-order valence-corrected chi connectivity index (χ3v) is 4.97. The van der Waals surface area contributed by atoms with Gasteiger partial charge in [-0.15, -0.1) is 11.8 Å². The number of amides is 1. The molecule has 0 fully saturated rings. The number of hydrogen-bond acceptors (Lipinski definition) is 5. The summed E-state index contributed by atoms with van der Waals surface area (Å²) in [6.07, 6.45) is -2.81. The van der Waals surface area contributed by atoms with Crippen molar-refractivity contribution >= 4 is 23.4 Å². The van der Waals surface area contributed by atoms with Gasteiger partial charge in [0.25, 0.3) is 5.89 Å². The molecule has 0 spiro atoms. The normalized spacial score (nSPS) is 12.1. The minimum atomic E-state index is -2.81. The third kappa shape index (κ3) is 5.13. The SMILES string of the molecule is C[C@H](SCc1ccccc1)C(=O)Nc1ccc(-c2noc(C(F)F)n2)cc1. The fraction of sp³-hybridized carbons (Fsp3) is 0.211. The molecule has 140 valence electrons. The summed E-state index contributed by atoms with van der Waals surface area (Å²) in [7, 11) is 0. The van der Waals surface area contributed by atoms with E-state index in [4.69, 9.17) is 0 Å². The summed E-state index contributed by atoms with van der Waals surface area (Å²) in [6, 6.07) is 16.5. The van der Waals surface area contributed by atoms with E-state index >= 15 is 0 Å². The molecule has 3 rings (SSSR count). The molecular formula is C19H17F2N3O2S. The molecule has 1 atom stereocenters. The smallest absolute Gasteiger partial charge is 0.315 e. The van der Waals surface area contributed by atoms with Crippen LogP contribution in [0.1, 0.15) is 24.8 Å². The second-order valence-electron chi connectivity index (χ2n) is 5.76. The highest BCUT2D eigenvalue weighted by Gasteiger charge is 2.17. The van der Waals surface area contributed by atoms with Crippen molar-refractivity contribution in [1.82, 2.24) is 10.1 Å². The lowest BCUT2D eigenvalue weighted by Gasteiger charge is -2.12. The number of halogens is 2. The van der Waals surface area contributed by atoms with Crippen molar-refractivity contribution in [3.05, 3.63) is 66.1 Å². The maximum Gasteiger partial charge on any atom is 0.315 e. The number of thioether (sulfide) groups is 1. The Balaban J connectivity index is 1.56. The molecule has 0 unspecified atom stereocenters. The van der Waals surface area contributed by atoms with Crippen LogP contribution in [0.3, 0.4) is 0 Å². The summed E-state index contributed by atoms with van der Waals surface area (Å²) in [5.74, 6) is 0.00315. The topological polar surface area (TPSA) is 68.0 Å². The van der Waals surface area contributed by atoms with Gasteiger partial charge in [0.1, 0.15) is 0 Å². The zero-order valence-corrected chi connectivity index (χ0v) is 15.2. The van der Waals surface area contributed by atoms with Crippen LogP contribution in [-0.2, 0) is 10.5 Å². The molecule has 3 aromatic rings. The van der Waals surface area contributed by atoms with Crippen molar-refractivity contribution in [1.29, 1.82) is 0 Å². The van der Waals surface area contributed by atoms with Gasteiger partial charge in [-0.05, 0) is 36.8 Å². The van der Waals surface area contributed by atoms with E-state index in [2.05, 4.69) is 20.0 Å². The van der Waals surface area contributed by atoms with Gasteiger partial charge in [-0.3, -0.25) is 4.79 Å². The fourth-order valence-electron chi connectivity index (χ4n) is 2.26. The van der Waals surface area contributed by atoms with Gasteiger partial charge in [-0.1, -0.05) is 35.5 Å². The first-order valence-electron chi connectivity index (χ1n) is 8.21. The van der Waals surface area contributed by atoms with Gasteiger partial charge in [0.2, 0.25) is 11.7 Å². The van der Waals surface area contributed by atoms with Crippen LogP contribution < -0.4 is 5.32 Å². The minimum Gasteiger partial charge on any atom is -0.333 e. The first-order valence-corrected chi connectivity index (χ1v) is 9.26. The van der Waals surface area contributed by atoms with Crippen molar-refractivity contribution in [2.24, 2.45) is 0 Å². The molecule has 1 aromatic heterocycles.